The number of carbonyl (C=O) groups is 3. The molecular formula is C73H118O6. The predicted octanol–water partition coefficient (Wildman–Crippen LogP) is 22.3. The number of hydrogen-bond acceptors (Lipinski definition) is 6. The van der Waals surface area contributed by atoms with Crippen molar-refractivity contribution in [3.8, 4) is 0 Å². The second-order valence-electron chi connectivity index (χ2n) is 20.9. The molecule has 0 N–H and O–H groups in total. The molecule has 6 nitrogen and oxygen atoms in total. The molecule has 6 heteroatoms. The molecule has 0 aromatic carbocycles. The molecule has 0 bridgehead atoms. The van der Waals surface area contributed by atoms with Crippen LogP contribution in [0.2, 0.25) is 0 Å². The number of esters is 3. The average Bonchev–Trinajstić information content (AvgIpc) is 3.45. The number of ether oxygens (including phenoxy) is 3. The van der Waals surface area contributed by atoms with Gasteiger partial charge in [0.1, 0.15) is 13.2 Å². The fourth-order valence-electron chi connectivity index (χ4n) is 8.59. The van der Waals surface area contributed by atoms with E-state index in [-0.39, 0.29) is 37.5 Å². The second-order valence-corrected chi connectivity index (χ2v) is 20.9. The average molecular weight is 1090 g/mol. The zero-order valence-electron chi connectivity index (χ0n) is 51.1. The fourth-order valence-corrected chi connectivity index (χ4v) is 8.59. The van der Waals surface area contributed by atoms with E-state index in [4.69, 9.17) is 14.2 Å². The molecular weight excluding hydrogens is 973 g/mol. The molecule has 0 aliphatic rings. The quantitative estimate of drug-likeness (QED) is 0.0261. The Balaban J connectivity index is 4.28. The Morgan fingerprint density at radius 3 is 0.722 bits per heavy atom. The molecule has 0 amide bonds. The smallest absolute Gasteiger partial charge is 0.306 e. The minimum atomic E-state index is -0.809. The summed E-state index contributed by atoms with van der Waals surface area (Å²) in [7, 11) is 0. The molecule has 0 aromatic heterocycles. The van der Waals surface area contributed by atoms with E-state index >= 15 is 0 Å². The van der Waals surface area contributed by atoms with Crippen LogP contribution in [0.3, 0.4) is 0 Å². The minimum Gasteiger partial charge on any atom is -0.462 e. The summed E-state index contributed by atoms with van der Waals surface area (Å²) in [6.07, 6.45) is 94.4. The minimum absolute atomic E-state index is 0.101. The van der Waals surface area contributed by atoms with Crippen LogP contribution in [0.1, 0.15) is 278 Å². The lowest BCUT2D eigenvalue weighted by Gasteiger charge is -2.18. The van der Waals surface area contributed by atoms with Crippen LogP contribution < -0.4 is 0 Å². The molecule has 0 saturated heterocycles. The molecule has 0 fully saturated rings. The Kier molecular flexibility index (Phi) is 61.9. The summed E-state index contributed by atoms with van der Waals surface area (Å²) in [6.45, 7) is 6.26. The molecule has 0 aliphatic carbocycles. The maximum atomic E-state index is 12.9. The van der Waals surface area contributed by atoms with Crippen LogP contribution >= 0.6 is 0 Å². The van der Waals surface area contributed by atoms with Gasteiger partial charge in [-0.3, -0.25) is 14.4 Å². The Hall–Kier alpha value is -4.71. The summed E-state index contributed by atoms with van der Waals surface area (Å²) < 4.78 is 16.9. The number of rotatable bonds is 57. The molecule has 446 valence electrons. The van der Waals surface area contributed by atoms with Gasteiger partial charge >= 0.3 is 17.9 Å². The number of unbranched alkanes of at least 4 members (excludes halogenated alkanes) is 22. The molecule has 0 heterocycles. The molecule has 1 atom stereocenters. The molecule has 1 unspecified atom stereocenters. The zero-order valence-corrected chi connectivity index (χ0v) is 51.1. The maximum Gasteiger partial charge on any atom is 0.306 e. The number of allylic oxidation sites excluding steroid dienone is 24. The van der Waals surface area contributed by atoms with Crippen molar-refractivity contribution in [2.75, 3.05) is 13.2 Å². The van der Waals surface area contributed by atoms with Crippen LogP contribution in [0.5, 0.6) is 0 Å². The van der Waals surface area contributed by atoms with Gasteiger partial charge in [0.25, 0.3) is 0 Å². The van der Waals surface area contributed by atoms with E-state index in [1.165, 1.54) is 83.5 Å². The van der Waals surface area contributed by atoms with E-state index < -0.39 is 6.10 Å². The summed E-state index contributed by atoms with van der Waals surface area (Å²) in [4.78, 5) is 38.3. The highest BCUT2D eigenvalue weighted by Gasteiger charge is 2.19. The van der Waals surface area contributed by atoms with Crippen LogP contribution in [0.15, 0.2) is 146 Å². The van der Waals surface area contributed by atoms with Gasteiger partial charge in [0, 0.05) is 19.3 Å². The van der Waals surface area contributed by atoms with Crippen molar-refractivity contribution in [3.05, 3.63) is 146 Å². The van der Waals surface area contributed by atoms with E-state index in [1.54, 1.807) is 0 Å². The first-order valence-corrected chi connectivity index (χ1v) is 32.3. The highest BCUT2D eigenvalue weighted by molar-refractivity contribution is 5.71. The van der Waals surface area contributed by atoms with Gasteiger partial charge in [-0.25, -0.2) is 0 Å². The number of carbonyl (C=O) groups excluding carboxylic acids is 3. The van der Waals surface area contributed by atoms with Gasteiger partial charge in [-0.05, 0) is 135 Å². The van der Waals surface area contributed by atoms with Gasteiger partial charge in [-0.2, -0.15) is 0 Å². The lowest BCUT2D eigenvalue weighted by molar-refractivity contribution is -0.167. The van der Waals surface area contributed by atoms with E-state index in [0.717, 1.165) is 154 Å². The highest BCUT2D eigenvalue weighted by atomic mass is 16.6. The van der Waals surface area contributed by atoms with Gasteiger partial charge in [-0.1, -0.05) is 269 Å². The first-order chi connectivity index (χ1) is 39.0. The summed E-state index contributed by atoms with van der Waals surface area (Å²) in [5.74, 6) is -0.955. The molecule has 0 saturated carbocycles. The van der Waals surface area contributed by atoms with Crippen molar-refractivity contribution >= 4 is 17.9 Å². The van der Waals surface area contributed by atoms with E-state index in [2.05, 4.69) is 167 Å². The van der Waals surface area contributed by atoms with Crippen molar-refractivity contribution in [2.45, 2.75) is 284 Å². The Labute approximate surface area is 487 Å². The van der Waals surface area contributed by atoms with Crippen molar-refractivity contribution < 1.29 is 28.6 Å². The van der Waals surface area contributed by atoms with Crippen LogP contribution in [0, 0.1) is 0 Å². The summed E-state index contributed by atoms with van der Waals surface area (Å²) in [5.41, 5.74) is 0. The molecule has 0 spiro atoms. The Morgan fingerprint density at radius 1 is 0.253 bits per heavy atom. The third-order valence-electron chi connectivity index (χ3n) is 13.3. The van der Waals surface area contributed by atoms with E-state index in [9.17, 15) is 14.4 Å². The van der Waals surface area contributed by atoms with Crippen molar-refractivity contribution in [3.63, 3.8) is 0 Å². The van der Waals surface area contributed by atoms with Crippen LogP contribution in [0.4, 0.5) is 0 Å². The van der Waals surface area contributed by atoms with E-state index in [0.29, 0.717) is 12.8 Å². The lowest BCUT2D eigenvalue weighted by Crippen LogP contribution is -2.30. The fraction of sp³-hybridized carbons (Fsp3) is 0.630. The van der Waals surface area contributed by atoms with Crippen LogP contribution in [0.25, 0.3) is 0 Å². The standard InChI is InChI=1S/C73H118O6/c1-4-7-10-13-16-19-22-25-27-29-30-31-32-33-34-35-36-37-38-39-40-41-42-44-45-48-51-54-57-60-63-66-72(75)78-69-70(68-77-71(74)65-62-59-56-53-50-47-24-21-18-15-12-9-6-3)79-73(76)67-64-61-58-55-52-49-46-43-28-26-23-20-17-14-11-8-5-2/h7-12,16-21,25-28,30-31,33-34,46-47,49-50,70H,4-6,13-15,22-24,29,32,35-45,48,51-69H2,1-3H3/b10-7-,11-8-,12-9-,19-16-,20-17-,21-18-,27-25-,28-26-,31-30-,34-33-,49-46-,50-47-. The largest absolute Gasteiger partial charge is 0.462 e. The van der Waals surface area contributed by atoms with Gasteiger partial charge in [0.05, 0.1) is 0 Å². The lowest BCUT2D eigenvalue weighted by atomic mass is 10.0. The summed E-state index contributed by atoms with van der Waals surface area (Å²) in [6, 6.07) is 0. The maximum absolute atomic E-state index is 12.9. The molecule has 0 rings (SSSR count). The van der Waals surface area contributed by atoms with Gasteiger partial charge in [-0.15, -0.1) is 0 Å². The Morgan fingerprint density at radius 2 is 0.456 bits per heavy atom. The topological polar surface area (TPSA) is 78.9 Å². The van der Waals surface area contributed by atoms with Crippen molar-refractivity contribution in [1.82, 2.24) is 0 Å². The van der Waals surface area contributed by atoms with Gasteiger partial charge in [0.2, 0.25) is 0 Å². The molecule has 0 aromatic rings. The summed E-state index contributed by atoms with van der Waals surface area (Å²) in [5, 5.41) is 0. The first kappa shape index (κ1) is 74.3. The normalized spacial score (nSPS) is 13.1. The van der Waals surface area contributed by atoms with Crippen LogP contribution in [-0.4, -0.2) is 37.2 Å². The van der Waals surface area contributed by atoms with Crippen LogP contribution in [-0.2, 0) is 28.6 Å². The monoisotopic (exact) mass is 1090 g/mol. The number of hydrogen-bond donors (Lipinski definition) is 0. The van der Waals surface area contributed by atoms with Gasteiger partial charge in [0.15, 0.2) is 6.10 Å². The third kappa shape index (κ3) is 64.0. The van der Waals surface area contributed by atoms with Crippen molar-refractivity contribution in [1.29, 1.82) is 0 Å². The van der Waals surface area contributed by atoms with E-state index in [1.807, 2.05) is 0 Å². The highest BCUT2D eigenvalue weighted by Crippen LogP contribution is 2.16. The predicted molar refractivity (Wildman–Crippen MR) is 343 cm³/mol. The van der Waals surface area contributed by atoms with Crippen molar-refractivity contribution in [2.24, 2.45) is 0 Å². The summed E-state index contributed by atoms with van der Waals surface area (Å²) >= 11 is 0. The SMILES string of the molecule is CC/C=C\C/C=C\C/C=C\C/C=C\C/C=C\CCCCCCCCCCCCCCCCCC(=O)OCC(COC(=O)CCCCC/C=C\C/C=C\C/C=C\CC)OC(=O)CCCCCC/C=C\C/C=C\C/C=C\C/C=C\CC. The molecule has 79 heavy (non-hydrogen) atoms. The molecule has 0 radical (unpaired) electrons. The first-order valence-electron chi connectivity index (χ1n) is 32.3. The third-order valence-corrected chi connectivity index (χ3v) is 13.3. The van der Waals surface area contributed by atoms with Gasteiger partial charge < -0.3 is 14.2 Å². The Bertz CT molecular complexity index is 1730. The molecule has 0 aliphatic heterocycles. The zero-order chi connectivity index (χ0) is 57.1. The second kappa shape index (κ2) is 65.8.